The third kappa shape index (κ3) is 12.4. The van der Waals surface area contributed by atoms with Crippen molar-refractivity contribution >= 4 is 0 Å². The van der Waals surface area contributed by atoms with Crippen molar-refractivity contribution in [2.75, 3.05) is 0 Å². The molecule has 0 radical (unpaired) electrons. The summed E-state index contributed by atoms with van der Waals surface area (Å²) < 4.78 is 0. The summed E-state index contributed by atoms with van der Waals surface area (Å²) in [5.41, 5.74) is 0. The van der Waals surface area contributed by atoms with Gasteiger partial charge in [-0.2, -0.15) is 0 Å². The minimum Gasteiger partial charge on any atom is -0.366 e. The van der Waals surface area contributed by atoms with Crippen LogP contribution < -0.4 is 0 Å². The van der Waals surface area contributed by atoms with Crippen LogP contribution in [0.1, 0.15) is 97.3 Å². The molecule has 0 atom stereocenters. The Morgan fingerprint density at radius 3 is 1.39 bits per heavy atom. The van der Waals surface area contributed by atoms with Crippen molar-refractivity contribution < 1.29 is 10.2 Å². The van der Waals surface area contributed by atoms with E-state index in [0.29, 0.717) is 12.8 Å². The minimum absolute atomic E-state index is 0.435. The van der Waals surface area contributed by atoms with Crippen LogP contribution in [0.5, 0.6) is 0 Å². The normalized spacial score (nSPS) is 12.0. The van der Waals surface area contributed by atoms with E-state index in [1.54, 1.807) is 0 Å². The average Bonchev–Trinajstić information content (AvgIpc) is 2.36. The van der Waals surface area contributed by atoms with E-state index in [2.05, 4.69) is 6.92 Å². The molecule has 0 unspecified atom stereocenters. The first kappa shape index (κ1) is 17.9. The van der Waals surface area contributed by atoms with E-state index in [1.807, 2.05) is 6.92 Å². The quantitative estimate of drug-likeness (QED) is 0.369. The molecule has 0 bridgehead atoms. The highest BCUT2D eigenvalue weighted by molar-refractivity contribution is 4.61. The maximum Gasteiger partial charge on any atom is 0.162 e. The summed E-state index contributed by atoms with van der Waals surface area (Å²) in [5, 5.41) is 18.8. The van der Waals surface area contributed by atoms with E-state index in [0.717, 1.165) is 12.8 Å². The monoisotopic (exact) mass is 258 g/mol. The fourth-order valence-electron chi connectivity index (χ4n) is 2.25. The fourth-order valence-corrected chi connectivity index (χ4v) is 2.25. The van der Waals surface area contributed by atoms with Crippen LogP contribution in [0.3, 0.4) is 0 Å². The number of hydrogen-bond acceptors (Lipinski definition) is 2. The second kappa shape index (κ2) is 12.0. The van der Waals surface area contributed by atoms with Crippen molar-refractivity contribution in [3.8, 4) is 0 Å². The molecule has 0 fully saturated rings. The lowest BCUT2D eigenvalue weighted by atomic mass is 10.0. The minimum atomic E-state index is -1.42. The van der Waals surface area contributed by atoms with Crippen molar-refractivity contribution in [2.24, 2.45) is 0 Å². The van der Waals surface area contributed by atoms with Gasteiger partial charge in [0, 0.05) is 6.42 Å². The fraction of sp³-hybridized carbons (Fsp3) is 1.00. The Bertz CT molecular complexity index is 166. The summed E-state index contributed by atoms with van der Waals surface area (Å²) in [7, 11) is 0. The van der Waals surface area contributed by atoms with Crippen molar-refractivity contribution in [3.05, 3.63) is 0 Å². The van der Waals surface area contributed by atoms with E-state index < -0.39 is 5.79 Å². The number of hydrogen-bond donors (Lipinski definition) is 2. The first-order valence-corrected chi connectivity index (χ1v) is 8.07. The molecule has 18 heavy (non-hydrogen) atoms. The van der Waals surface area contributed by atoms with Crippen LogP contribution in [0, 0.1) is 0 Å². The number of rotatable bonds is 13. The number of aliphatic hydroxyl groups is 2. The Kier molecular flexibility index (Phi) is 11.9. The topological polar surface area (TPSA) is 40.5 Å². The highest BCUT2D eigenvalue weighted by Gasteiger charge is 2.18. The van der Waals surface area contributed by atoms with Crippen LogP contribution in [0.25, 0.3) is 0 Å². The largest absolute Gasteiger partial charge is 0.366 e. The molecule has 0 aromatic carbocycles. The molecule has 0 aliphatic carbocycles. The average molecular weight is 258 g/mol. The highest BCUT2D eigenvalue weighted by atomic mass is 16.5. The summed E-state index contributed by atoms with van der Waals surface area (Å²) in [6.45, 7) is 4.07. The molecule has 2 heteroatoms. The van der Waals surface area contributed by atoms with Gasteiger partial charge in [-0.15, -0.1) is 0 Å². The molecule has 110 valence electrons. The van der Waals surface area contributed by atoms with Crippen molar-refractivity contribution in [2.45, 2.75) is 103 Å². The van der Waals surface area contributed by atoms with Crippen molar-refractivity contribution in [1.82, 2.24) is 0 Å². The SMILES string of the molecule is CCCCCCCCCCCCCC(O)(O)CC. The van der Waals surface area contributed by atoms with Gasteiger partial charge >= 0.3 is 0 Å². The second-order valence-corrected chi connectivity index (χ2v) is 5.62. The molecular weight excluding hydrogens is 224 g/mol. The van der Waals surface area contributed by atoms with Gasteiger partial charge in [-0.1, -0.05) is 78.1 Å². The number of unbranched alkanes of at least 4 members (excludes halogenated alkanes) is 10. The van der Waals surface area contributed by atoms with Gasteiger partial charge < -0.3 is 10.2 Å². The maximum atomic E-state index is 9.42. The summed E-state index contributed by atoms with van der Waals surface area (Å²) in [6.07, 6.45) is 15.2. The predicted octanol–water partition coefficient (Wildman–Crippen LogP) is 4.78. The molecule has 0 heterocycles. The molecule has 2 nitrogen and oxygen atoms in total. The lowest BCUT2D eigenvalue weighted by Gasteiger charge is -2.19. The summed E-state index contributed by atoms with van der Waals surface area (Å²) in [6, 6.07) is 0. The van der Waals surface area contributed by atoms with Crippen LogP contribution in [0.4, 0.5) is 0 Å². The third-order valence-corrected chi connectivity index (χ3v) is 3.75. The summed E-state index contributed by atoms with van der Waals surface area (Å²) >= 11 is 0. The van der Waals surface area contributed by atoms with E-state index in [1.165, 1.54) is 57.8 Å². The summed E-state index contributed by atoms with van der Waals surface area (Å²) in [5.74, 6) is -1.42. The van der Waals surface area contributed by atoms with Gasteiger partial charge in [0.1, 0.15) is 0 Å². The zero-order valence-electron chi connectivity index (χ0n) is 12.6. The molecule has 0 saturated carbocycles. The zero-order valence-corrected chi connectivity index (χ0v) is 12.6. The van der Waals surface area contributed by atoms with E-state index in [4.69, 9.17) is 0 Å². The first-order valence-electron chi connectivity index (χ1n) is 8.07. The van der Waals surface area contributed by atoms with Gasteiger partial charge in [0.05, 0.1) is 0 Å². The molecule has 0 spiro atoms. The smallest absolute Gasteiger partial charge is 0.162 e. The van der Waals surface area contributed by atoms with Crippen molar-refractivity contribution in [3.63, 3.8) is 0 Å². The first-order chi connectivity index (χ1) is 8.62. The molecular formula is C16H34O2. The van der Waals surface area contributed by atoms with E-state index in [9.17, 15) is 10.2 Å². The van der Waals surface area contributed by atoms with E-state index >= 15 is 0 Å². The van der Waals surface area contributed by atoms with Crippen LogP contribution >= 0.6 is 0 Å². The Hall–Kier alpha value is -0.0800. The van der Waals surface area contributed by atoms with E-state index in [-0.39, 0.29) is 0 Å². The molecule has 0 amide bonds. The standard InChI is InChI=1S/C16H34O2/c1-3-5-6-7-8-9-10-11-12-13-14-15-16(17,18)4-2/h17-18H,3-15H2,1-2H3. The Morgan fingerprint density at radius 2 is 1.00 bits per heavy atom. The van der Waals surface area contributed by atoms with Gasteiger partial charge in [-0.05, 0) is 12.8 Å². The zero-order chi connectivity index (χ0) is 13.7. The second-order valence-electron chi connectivity index (χ2n) is 5.62. The van der Waals surface area contributed by atoms with Gasteiger partial charge in [0.2, 0.25) is 0 Å². The Balaban J connectivity index is 3.08. The van der Waals surface area contributed by atoms with Crippen LogP contribution in [0.2, 0.25) is 0 Å². The Morgan fingerprint density at radius 1 is 0.611 bits per heavy atom. The predicted molar refractivity (Wildman–Crippen MR) is 78.5 cm³/mol. The molecule has 0 saturated heterocycles. The van der Waals surface area contributed by atoms with Gasteiger partial charge in [-0.3, -0.25) is 0 Å². The highest BCUT2D eigenvalue weighted by Crippen LogP contribution is 2.17. The van der Waals surface area contributed by atoms with Gasteiger partial charge in [0.25, 0.3) is 0 Å². The Labute approximate surface area is 114 Å². The molecule has 0 aromatic heterocycles. The maximum absolute atomic E-state index is 9.42. The van der Waals surface area contributed by atoms with Crippen LogP contribution in [-0.4, -0.2) is 16.0 Å². The third-order valence-electron chi connectivity index (χ3n) is 3.75. The van der Waals surface area contributed by atoms with Crippen LogP contribution in [-0.2, 0) is 0 Å². The molecule has 0 aromatic rings. The lowest BCUT2D eigenvalue weighted by molar-refractivity contribution is -0.167. The molecule has 0 rings (SSSR count). The lowest BCUT2D eigenvalue weighted by Crippen LogP contribution is -2.26. The molecule has 2 N–H and O–H groups in total. The molecule has 0 aliphatic heterocycles. The summed E-state index contributed by atoms with van der Waals surface area (Å²) in [4.78, 5) is 0. The van der Waals surface area contributed by atoms with Gasteiger partial charge in [0.15, 0.2) is 5.79 Å². The van der Waals surface area contributed by atoms with Crippen LogP contribution in [0.15, 0.2) is 0 Å². The van der Waals surface area contributed by atoms with Gasteiger partial charge in [-0.25, -0.2) is 0 Å². The molecule has 0 aliphatic rings. The van der Waals surface area contributed by atoms with Crippen molar-refractivity contribution in [1.29, 1.82) is 0 Å².